The van der Waals surface area contributed by atoms with Crippen LogP contribution in [0.25, 0.3) is 5.65 Å². The number of aromatic nitrogens is 3. The highest BCUT2D eigenvalue weighted by Gasteiger charge is 2.33. The number of nitrogens with one attached hydrogen (secondary N) is 1. The summed E-state index contributed by atoms with van der Waals surface area (Å²) in [6, 6.07) is 7.61. The van der Waals surface area contributed by atoms with Gasteiger partial charge >= 0.3 is 0 Å². The Hall–Kier alpha value is -3.22. The molecule has 1 aliphatic carbocycles. The largest absolute Gasteiger partial charge is 0.494 e. The first-order valence-electron chi connectivity index (χ1n) is 9.77. The summed E-state index contributed by atoms with van der Waals surface area (Å²) in [6.07, 6.45) is 4.28. The van der Waals surface area contributed by atoms with Crippen molar-refractivity contribution in [2.75, 3.05) is 6.61 Å². The summed E-state index contributed by atoms with van der Waals surface area (Å²) in [5.74, 6) is 0.558. The second-order valence-electron chi connectivity index (χ2n) is 8.08. The van der Waals surface area contributed by atoms with E-state index in [-0.39, 0.29) is 17.1 Å². The number of nitrogens with zero attached hydrogens (tertiary/aromatic N) is 3. The third kappa shape index (κ3) is 3.60. The Morgan fingerprint density at radius 2 is 2.03 bits per heavy atom. The zero-order valence-corrected chi connectivity index (χ0v) is 16.9. The van der Waals surface area contributed by atoms with E-state index in [1.165, 1.54) is 6.20 Å². The van der Waals surface area contributed by atoms with Crippen LogP contribution in [0.2, 0.25) is 0 Å². The van der Waals surface area contributed by atoms with Gasteiger partial charge < -0.3 is 10.1 Å². The van der Waals surface area contributed by atoms with E-state index in [2.05, 4.69) is 29.2 Å². The standard InChI is InChI=1S/C22H24N4O3/c1-4-29-19-8-6-5-7-14(19)11-24-21(28)16-13-25-26-17-9-22(2,3)10-18(27)15(17)12-23-20(16)26/h5-8,12-13H,4,9-11H2,1-3H3,(H,24,28). The lowest BCUT2D eigenvalue weighted by Gasteiger charge is -2.29. The highest BCUT2D eigenvalue weighted by molar-refractivity contribution is 6.01. The molecule has 0 saturated heterocycles. The number of carbonyl (C=O) groups excluding carboxylic acids is 2. The van der Waals surface area contributed by atoms with Gasteiger partial charge in [0.1, 0.15) is 11.3 Å². The Morgan fingerprint density at radius 1 is 1.24 bits per heavy atom. The van der Waals surface area contributed by atoms with Crippen LogP contribution >= 0.6 is 0 Å². The van der Waals surface area contributed by atoms with Gasteiger partial charge in [-0.2, -0.15) is 5.10 Å². The molecule has 29 heavy (non-hydrogen) atoms. The molecule has 2 aromatic heterocycles. The van der Waals surface area contributed by atoms with Crippen LogP contribution in [-0.4, -0.2) is 32.9 Å². The average molecular weight is 392 g/mol. The fourth-order valence-electron chi connectivity index (χ4n) is 3.80. The molecule has 0 atom stereocenters. The quantitative estimate of drug-likeness (QED) is 0.721. The number of Topliss-reactive ketones (excluding diaryl/α,β-unsaturated/α-hetero) is 1. The van der Waals surface area contributed by atoms with Crippen molar-refractivity contribution >= 4 is 17.3 Å². The molecule has 1 amide bonds. The van der Waals surface area contributed by atoms with Crippen molar-refractivity contribution in [1.82, 2.24) is 19.9 Å². The first-order chi connectivity index (χ1) is 13.9. The summed E-state index contributed by atoms with van der Waals surface area (Å²) < 4.78 is 7.25. The van der Waals surface area contributed by atoms with Gasteiger partial charge in [0, 0.05) is 24.7 Å². The number of rotatable bonds is 5. The van der Waals surface area contributed by atoms with Gasteiger partial charge in [0.2, 0.25) is 0 Å². The van der Waals surface area contributed by atoms with Gasteiger partial charge in [-0.3, -0.25) is 9.59 Å². The lowest BCUT2D eigenvalue weighted by Crippen LogP contribution is -2.29. The van der Waals surface area contributed by atoms with E-state index in [4.69, 9.17) is 4.74 Å². The molecule has 4 rings (SSSR count). The maximum absolute atomic E-state index is 12.8. The Morgan fingerprint density at radius 3 is 2.83 bits per heavy atom. The summed E-state index contributed by atoms with van der Waals surface area (Å²) in [6.45, 7) is 6.94. The number of fused-ring (bicyclic) bond motifs is 3. The average Bonchev–Trinajstić information content (AvgIpc) is 3.11. The molecule has 3 aromatic rings. The van der Waals surface area contributed by atoms with Crippen molar-refractivity contribution in [1.29, 1.82) is 0 Å². The molecule has 0 radical (unpaired) electrons. The number of benzene rings is 1. The number of hydrogen-bond acceptors (Lipinski definition) is 5. The SMILES string of the molecule is CCOc1ccccc1CNC(=O)c1cnn2c3c(cnc12)C(=O)CC(C)(C)C3. The Bertz CT molecular complexity index is 1100. The predicted octanol–water partition coefficient (Wildman–Crippen LogP) is 3.21. The minimum absolute atomic E-state index is 0.0692. The molecule has 0 aliphatic heterocycles. The van der Waals surface area contributed by atoms with Gasteiger partial charge in [-0.15, -0.1) is 0 Å². The van der Waals surface area contributed by atoms with Crippen LogP contribution in [0.15, 0.2) is 36.7 Å². The second-order valence-corrected chi connectivity index (χ2v) is 8.08. The maximum Gasteiger partial charge on any atom is 0.257 e. The van der Waals surface area contributed by atoms with Gasteiger partial charge in [-0.25, -0.2) is 9.50 Å². The summed E-state index contributed by atoms with van der Waals surface area (Å²) in [7, 11) is 0. The van der Waals surface area contributed by atoms with Gasteiger partial charge in [-0.1, -0.05) is 32.0 Å². The van der Waals surface area contributed by atoms with E-state index in [1.807, 2.05) is 31.2 Å². The van der Waals surface area contributed by atoms with E-state index in [1.54, 1.807) is 10.7 Å². The van der Waals surface area contributed by atoms with Crippen molar-refractivity contribution in [2.24, 2.45) is 5.41 Å². The van der Waals surface area contributed by atoms with Crippen molar-refractivity contribution < 1.29 is 14.3 Å². The summed E-state index contributed by atoms with van der Waals surface area (Å²) in [5.41, 5.74) is 3.02. The predicted molar refractivity (Wildman–Crippen MR) is 108 cm³/mol. The smallest absolute Gasteiger partial charge is 0.257 e. The minimum Gasteiger partial charge on any atom is -0.494 e. The fourth-order valence-corrected chi connectivity index (χ4v) is 3.80. The number of amides is 1. The molecular formula is C22H24N4O3. The first kappa shape index (κ1) is 19.1. The number of ether oxygens (including phenoxy) is 1. The third-order valence-electron chi connectivity index (χ3n) is 5.17. The zero-order chi connectivity index (χ0) is 20.6. The van der Waals surface area contributed by atoms with Crippen LogP contribution in [0.1, 0.15) is 59.2 Å². The van der Waals surface area contributed by atoms with Gasteiger partial charge in [0.05, 0.1) is 24.1 Å². The van der Waals surface area contributed by atoms with E-state index >= 15 is 0 Å². The van der Waals surface area contributed by atoms with E-state index in [0.717, 1.165) is 17.0 Å². The van der Waals surface area contributed by atoms with Crippen LogP contribution in [0.3, 0.4) is 0 Å². The first-order valence-corrected chi connectivity index (χ1v) is 9.77. The third-order valence-corrected chi connectivity index (χ3v) is 5.17. The molecule has 150 valence electrons. The second kappa shape index (κ2) is 7.31. The normalized spacial score (nSPS) is 15.2. The molecule has 0 bridgehead atoms. The zero-order valence-electron chi connectivity index (χ0n) is 16.9. The van der Waals surface area contributed by atoms with E-state index in [0.29, 0.717) is 42.8 Å². The number of hydrogen-bond donors (Lipinski definition) is 1. The molecule has 0 fully saturated rings. The molecule has 0 unspecified atom stereocenters. The molecule has 0 spiro atoms. The fraction of sp³-hybridized carbons (Fsp3) is 0.364. The molecule has 2 heterocycles. The Balaban J connectivity index is 1.61. The van der Waals surface area contributed by atoms with Crippen LogP contribution in [-0.2, 0) is 13.0 Å². The molecule has 0 saturated carbocycles. The molecule has 1 N–H and O–H groups in total. The molecular weight excluding hydrogens is 368 g/mol. The van der Waals surface area contributed by atoms with E-state index in [9.17, 15) is 9.59 Å². The number of para-hydroxylation sites is 1. The maximum atomic E-state index is 12.8. The highest BCUT2D eigenvalue weighted by Crippen LogP contribution is 2.34. The monoisotopic (exact) mass is 392 g/mol. The van der Waals surface area contributed by atoms with Crippen LogP contribution < -0.4 is 10.1 Å². The minimum atomic E-state index is -0.264. The van der Waals surface area contributed by atoms with Gasteiger partial charge in [-0.05, 0) is 24.8 Å². The number of ketones is 1. The molecule has 7 heteroatoms. The van der Waals surface area contributed by atoms with Crippen molar-refractivity contribution in [3.8, 4) is 5.75 Å². The van der Waals surface area contributed by atoms with Gasteiger partial charge in [0.15, 0.2) is 11.4 Å². The number of carbonyl (C=O) groups is 2. The molecule has 1 aliphatic rings. The topological polar surface area (TPSA) is 85.6 Å². The Labute approximate surface area is 169 Å². The van der Waals surface area contributed by atoms with E-state index < -0.39 is 0 Å². The van der Waals surface area contributed by atoms with Crippen LogP contribution in [0, 0.1) is 5.41 Å². The highest BCUT2D eigenvalue weighted by atomic mass is 16.5. The van der Waals surface area contributed by atoms with Crippen LogP contribution in [0.5, 0.6) is 5.75 Å². The van der Waals surface area contributed by atoms with Crippen molar-refractivity contribution in [3.05, 3.63) is 59.0 Å². The summed E-state index contributed by atoms with van der Waals surface area (Å²) >= 11 is 0. The lowest BCUT2D eigenvalue weighted by molar-refractivity contribution is 0.0907. The molecule has 7 nitrogen and oxygen atoms in total. The Kier molecular flexibility index (Phi) is 4.82. The van der Waals surface area contributed by atoms with Crippen molar-refractivity contribution in [3.63, 3.8) is 0 Å². The van der Waals surface area contributed by atoms with Crippen molar-refractivity contribution in [2.45, 2.75) is 40.2 Å². The molecule has 1 aromatic carbocycles. The summed E-state index contributed by atoms with van der Waals surface area (Å²) in [4.78, 5) is 29.6. The summed E-state index contributed by atoms with van der Waals surface area (Å²) in [5, 5.41) is 7.29. The lowest BCUT2D eigenvalue weighted by atomic mass is 9.76. The van der Waals surface area contributed by atoms with Gasteiger partial charge in [0.25, 0.3) is 5.91 Å². The van der Waals surface area contributed by atoms with Crippen LogP contribution in [0.4, 0.5) is 0 Å².